The lowest BCUT2D eigenvalue weighted by atomic mass is 9.96. The molecule has 0 saturated carbocycles. The SMILES string of the molecule is CN1CCN(C[C@@H]2CN(C(=O)c3sccc3Cl)C[C@@H]2CO)CC1. The Balaban J connectivity index is 1.61. The lowest BCUT2D eigenvalue weighted by Crippen LogP contribution is -2.47. The van der Waals surface area contributed by atoms with E-state index in [-0.39, 0.29) is 18.4 Å². The Hall–Kier alpha value is -0.660. The van der Waals surface area contributed by atoms with E-state index in [2.05, 4.69) is 16.8 Å². The first kappa shape index (κ1) is 17.2. The van der Waals surface area contributed by atoms with E-state index in [1.54, 1.807) is 6.07 Å². The number of thiophene rings is 1. The third-order valence-electron chi connectivity index (χ3n) is 5.00. The van der Waals surface area contributed by atoms with Crippen LogP contribution in [0.5, 0.6) is 0 Å². The molecule has 0 aromatic carbocycles. The second-order valence-electron chi connectivity index (χ2n) is 6.61. The van der Waals surface area contributed by atoms with Crippen LogP contribution in [-0.4, -0.2) is 85.2 Å². The predicted molar refractivity (Wildman–Crippen MR) is 93.2 cm³/mol. The fraction of sp³-hybridized carbons (Fsp3) is 0.688. The van der Waals surface area contributed by atoms with Crippen LogP contribution in [0.1, 0.15) is 9.67 Å². The first-order valence-corrected chi connectivity index (χ1v) is 9.38. The molecule has 2 saturated heterocycles. The summed E-state index contributed by atoms with van der Waals surface area (Å²) in [7, 11) is 2.15. The molecule has 0 aliphatic carbocycles. The minimum Gasteiger partial charge on any atom is -0.396 e. The van der Waals surface area contributed by atoms with E-state index in [1.807, 2.05) is 10.3 Å². The molecule has 2 fully saturated rings. The quantitative estimate of drug-likeness (QED) is 0.883. The van der Waals surface area contributed by atoms with Crippen LogP contribution in [-0.2, 0) is 0 Å². The number of aliphatic hydroxyl groups excluding tert-OH is 1. The van der Waals surface area contributed by atoms with Crippen molar-refractivity contribution in [1.82, 2.24) is 14.7 Å². The number of amides is 1. The van der Waals surface area contributed by atoms with Crippen molar-refractivity contribution in [2.45, 2.75) is 0 Å². The molecule has 0 spiro atoms. The number of likely N-dealkylation sites (tertiary alicyclic amines) is 1. The van der Waals surface area contributed by atoms with Crippen LogP contribution < -0.4 is 0 Å². The zero-order valence-corrected chi connectivity index (χ0v) is 15.0. The van der Waals surface area contributed by atoms with Crippen LogP contribution >= 0.6 is 22.9 Å². The van der Waals surface area contributed by atoms with Gasteiger partial charge in [0.05, 0.1) is 5.02 Å². The molecular weight excluding hydrogens is 334 g/mol. The molecule has 1 aromatic heterocycles. The van der Waals surface area contributed by atoms with Crippen LogP contribution in [0, 0.1) is 11.8 Å². The summed E-state index contributed by atoms with van der Waals surface area (Å²) in [6.07, 6.45) is 0. The normalized spacial score (nSPS) is 26.8. The van der Waals surface area contributed by atoms with Gasteiger partial charge in [-0.2, -0.15) is 0 Å². The second kappa shape index (κ2) is 7.49. The van der Waals surface area contributed by atoms with Gasteiger partial charge in [-0.05, 0) is 24.4 Å². The van der Waals surface area contributed by atoms with E-state index in [0.29, 0.717) is 28.9 Å². The molecular formula is C16H24ClN3O2S. The van der Waals surface area contributed by atoms with Gasteiger partial charge in [0, 0.05) is 58.3 Å². The summed E-state index contributed by atoms with van der Waals surface area (Å²) in [4.78, 5) is 19.9. The number of piperazine rings is 1. The molecule has 1 N–H and O–H groups in total. The predicted octanol–water partition coefficient (Wildman–Crippen LogP) is 1.33. The van der Waals surface area contributed by atoms with Crippen LogP contribution in [0.25, 0.3) is 0 Å². The lowest BCUT2D eigenvalue weighted by molar-refractivity contribution is 0.0782. The van der Waals surface area contributed by atoms with Gasteiger partial charge in [-0.25, -0.2) is 0 Å². The Morgan fingerprint density at radius 3 is 2.61 bits per heavy atom. The number of carbonyl (C=O) groups excluding carboxylic acids is 1. The van der Waals surface area contributed by atoms with Gasteiger partial charge in [0.15, 0.2) is 0 Å². The molecule has 1 aromatic rings. The highest BCUT2D eigenvalue weighted by Crippen LogP contribution is 2.29. The van der Waals surface area contributed by atoms with E-state index >= 15 is 0 Å². The smallest absolute Gasteiger partial charge is 0.265 e. The number of likely N-dealkylation sites (N-methyl/N-ethyl adjacent to an activating group) is 1. The van der Waals surface area contributed by atoms with Crippen molar-refractivity contribution in [2.24, 2.45) is 11.8 Å². The zero-order chi connectivity index (χ0) is 16.4. The largest absolute Gasteiger partial charge is 0.396 e. The Labute approximate surface area is 146 Å². The minimum absolute atomic E-state index is 0.00401. The molecule has 2 aliphatic heterocycles. The highest BCUT2D eigenvalue weighted by Gasteiger charge is 2.37. The van der Waals surface area contributed by atoms with Crippen LogP contribution in [0.4, 0.5) is 0 Å². The zero-order valence-electron chi connectivity index (χ0n) is 13.4. The first-order valence-electron chi connectivity index (χ1n) is 8.12. The van der Waals surface area contributed by atoms with Gasteiger partial charge in [-0.1, -0.05) is 11.6 Å². The summed E-state index contributed by atoms with van der Waals surface area (Å²) >= 11 is 7.48. The van der Waals surface area contributed by atoms with Gasteiger partial charge in [0.2, 0.25) is 0 Å². The molecule has 3 rings (SSSR count). The minimum atomic E-state index is 0.00401. The lowest BCUT2D eigenvalue weighted by Gasteiger charge is -2.34. The van der Waals surface area contributed by atoms with E-state index in [4.69, 9.17) is 11.6 Å². The van der Waals surface area contributed by atoms with Crippen molar-refractivity contribution in [2.75, 3.05) is 59.5 Å². The van der Waals surface area contributed by atoms with Crippen molar-refractivity contribution in [3.63, 3.8) is 0 Å². The first-order chi connectivity index (χ1) is 11.1. The standard InChI is InChI=1S/C16H24ClN3O2S/c1-18-3-5-19(6-4-18)8-12-9-20(10-13(12)11-21)16(22)15-14(17)2-7-23-15/h2,7,12-13,21H,3-6,8-11H2,1H3/t12-,13-/m1/s1. The molecule has 0 radical (unpaired) electrons. The highest BCUT2D eigenvalue weighted by molar-refractivity contribution is 7.12. The number of carbonyl (C=O) groups is 1. The Morgan fingerprint density at radius 1 is 1.30 bits per heavy atom. The monoisotopic (exact) mass is 357 g/mol. The van der Waals surface area contributed by atoms with Gasteiger partial charge in [0.25, 0.3) is 5.91 Å². The maximum atomic E-state index is 12.6. The third-order valence-corrected chi connectivity index (χ3v) is 6.33. The maximum Gasteiger partial charge on any atom is 0.265 e. The van der Waals surface area contributed by atoms with Gasteiger partial charge in [-0.15, -0.1) is 11.3 Å². The number of hydrogen-bond acceptors (Lipinski definition) is 5. The van der Waals surface area contributed by atoms with Gasteiger partial charge < -0.3 is 19.8 Å². The number of nitrogens with zero attached hydrogens (tertiary/aromatic N) is 3. The summed E-state index contributed by atoms with van der Waals surface area (Å²) in [5, 5.41) is 12.1. The topological polar surface area (TPSA) is 47.0 Å². The number of aliphatic hydroxyl groups is 1. The molecule has 7 heteroatoms. The maximum absolute atomic E-state index is 12.6. The summed E-state index contributed by atoms with van der Waals surface area (Å²) in [6.45, 7) is 6.74. The number of halogens is 1. The summed E-state index contributed by atoms with van der Waals surface area (Å²) in [6, 6.07) is 1.76. The molecule has 2 atom stereocenters. The van der Waals surface area contributed by atoms with Gasteiger partial charge >= 0.3 is 0 Å². The van der Waals surface area contributed by atoms with E-state index in [0.717, 1.165) is 32.7 Å². The van der Waals surface area contributed by atoms with Crippen molar-refractivity contribution in [1.29, 1.82) is 0 Å². The molecule has 128 valence electrons. The summed E-state index contributed by atoms with van der Waals surface area (Å²) in [5.74, 6) is 0.507. The second-order valence-corrected chi connectivity index (χ2v) is 7.94. The molecule has 3 heterocycles. The average molecular weight is 358 g/mol. The summed E-state index contributed by atoms with van der Waals surface area (Å²) < 4.78 is 0. The van der Waals surface area contributed by atoms with Crippen molar-refractivity contribution in [3.8, 4) is 0 Å². The van der Waals surface area contributed by atoms with Crippen molar-refractivity contribution in [3.05, 3.63) is 21.3 Å². The Kier molecular flexibility index (Phi) is 5.59. The Bertz CT molecular complexity index is 545. The molecule has 5 nitrogen and oxygen atoms in total. The van der Waals surface area contributed by atoms with Crippen molar-refractivity contribution < 1.29 is 9.90 Å². The molecule has 2 aliphatic rings. The fourth-order valence-corrected chi connectivity index (χ4v) is 4.57. The summed E-state index contributed by atoms with van der Waals surface area (Å²) in [5.41, 5.74) is 0. The number of hydrogen-bond donors (Lipinski definition) is 1. The number of rotatable bonds is 4. The Morgan fingerprint density at radius 2 is 2.00 bits per heavy atom. The van der Waals surface area contributed by atoms with Gasteiger partial charge in [0.1, 0.15) is 4.88 Å². The van der Waals surface area contributed by atoms with Gasteiger partial charge in [-0.3, -0.25) is 4.79 Å². The van der Waals surface area contributed by atoms with Crippen LogP contribution in [0.15, 0.2) is 11.4 Å². The van der Waals surface area contributed by atoms with Crippen molar-refractivity contribution >= 4 is 28.8 Å². The molecule has 23 heavy (non-hydrogen) atoms. The molecule has 1 amide bonds. The van der Waals surface area contributed by atoms with E-state index in [1.165, 1.54) is 11.3 Å². The van der Waals surface area contributed by atoms with E-state index < -0.39 is 0 Å². The molecule has 0 unspecified atom stereocenters. The average Bonchev–Trinajstić information content (AvgIpc) is 3.15. The fourth-order valence-electron chi connectivity index (χ4n) is 3.47. The third kappa shape index (κ3) is 3.88. The highest BCUT2D eigenvalue weighted by atomic mass is 35.5. The van der Waals surface area contributed by atoms with E-state index in [9.17, 15) is 9.90 Å². The van der Waals surface area contributed by atoms with Crippen LogP contribution in [0.2, 0.25) is 5.02 Å². The van der Waals surface area contributed by atoms with Crippen LogP contribution in [0.3, 0.4) is 0 Å². The molecule has 0 bridgehead atoms.